The number of carbonyl (C=O) groups is 2. The van der Waals surface area contributed by atoms with Gasteiger partial charge in [0.15, 0.2) is 5.78 Å². The lowest BCUT2D eigenvalue weighted by Crippen LogP contribution is -2.48. The Bertz CT molecular complexity index is 839. The largest absolute Gasteiger partial charge is 0.372 e. The van der Waals surface area contributed by atoms with Gasteiger partial charge in [-0.1, -0.05) is 12.1 Å². The Morgan fingerprint density at radius 1 is 1.08 bits per heavy atom. The van der Waals surface area contributed by atoms with Gasteiger partial charge in [-0.2, -0.15) is 0 Å². The highest BCUT2D eigenvalue weighted by molar-refractivity contribution is 6.02. The molecule has 0 unspecified atom stereocenters. The van der Waals surface area contributed by atoms with Crippen molar-refractivity contribution in [2.45, 2.75) is 33.0 Å². The van der Waals surface area contributed by atoms with Crippen LogP contribution in [0.4, 0.5) is 4.39 Å². The average molecular weight is 355 g/mol. The minimum absolute atomic E-state index is 0.0154. The molecular formula is C21H22FNO3. The molecule has 1 aliphatic rings. The van der Waals surface area contributed by atoms with E-state index < -0.39 is 5.82 Å². The minimum Gasteiger partial charge on any atom is -0.372 e. The molecule has 5 heteroatoms. The van der Waals surface area contributed by atoms with Gasteiger partial charge in [0.2, 0.25) is 0 Å². The fourth-order valence-electron chi connectivity index (χ4n) is 3.41. The third-order valence-electron chi connectivity index (χ3n) is 4.49. The fraction of sp³-hybridized carbons (Fsp3) is 0.333. The Labute approximate surface area is 152 Å². The molecule has 0 N–H and O–H groups in total. The van der Waals surface area contributed by atoms with Gasteiger partial charge in [-0.25, -0.2) is 4.39 Å². The van der Waals surface area contributed by atoms with Gasteiger partial charge >= 0.3 is 0 Å². The average Bonchev–Trinajstić information content (AvgIpc) is 2.60. The van der Waals surface area contributed by atoms with E-state index in [-0.39, 0.29) is 23.9 Å². The van der Waals surface area contributed by atoms with Crippen LogP contribution >= 0.6 is 0 Å². The monoisotopic (exact) mass is 355 g/mol. The molecule has 4 nitrogen and oxygen atoms in total. The van der Waals surface area contributed by atoms with Crippen molar-refractivity contribution in [3.63, 3.8) is 0 Å². The molecule has 2 aromatic rings. The molecule has 136 valence electrons. The van der Waals surface area contributed by atoms with Gasteiger partial charge < -0.3 is 9.64 Å². The maximum absolute atomic E-state index is 13.7. The summed E-state index contributed by atoms with van der Waals surface area (Å²) < 4.78 is 19.4. The molecule has 1 saturated heterocycles. The summed E-state index contributed by atoms with van der Waals surface area (Å²) >= 11 is 0. The lowest BCUT2D eigenvalue weighted by Gasteiger charge is -2.35. The van der Waals surface area contributed by atoms with Gasteiger partial charge in [-0.05, 0) is 62.2 Å². The molecule has 3 rings (SSSR count). The van der Waals surface area contributed by atoms with Gasteiger partial charge in [-0.15, -0.1) is 0 Å². The van der Waals surface area contributed by atoms with Crippen molar-refractivity contribution in [2.75, 3.05) is 13.1 Å². The molecular weight excluding hydrogens is 333 g/mol. The lowest BCUT2D eigenvalue weighted by atomic mass is 9.95. The first kappa shape index (κ1) is 18.3. The Hall–Kier alpha value is -2.53. The maximum Gasteiger partial charge on any atom is 0.254 e. The molecule has 2 aromatic carbocycles. The topological polar surface area (TPSA) is 46.6 Å². The lowest BCUT2D eigenvalue weighted by molar-refractivity contribution is -0.0586. The van der Waals surface area contributed by atoms with Gasteiger partial charge in [0, 0.05) is 24.2 Å². The first-order chi connectivity index (χ1) is 12.3. The van der Waals surface area contributed by atoms with Crippen LogP contribution in [0.5, 0.6) is 0 Å². The standard InChI is InChI=1S/C21H22FNO3/c1-13-11-23(12-14(2)26-13)21(25)17-6-4-5-16(9-17)20-10-18(22)7-8-19(20)15(3)24/h4-10,13-14H,11-12H2,1-3H3/t13-,14+. The number of ether oxygens (including phenoxy) is 1. The summed E-state index contributed by atoms with van der Waals surface area (Å²) in [7, 11) is 0. The number of hydrogen-bond acceptors (Lipinski definition) is 3. The van der Waals surface area contributed by atoms with E-state index in [4.69, 9.17) is 4.74 Å². The zero-order valence-electron chi connectivity index (χ0n) is 15.2. The van der Waals surface area contributed by atoms with Crippen LogP contribution in [0.3, 0.4) is 0 Å². The molecule has 26 heavy (non-hydrogen) atoms. The zero-order valence-corrected chi connectivity index (χ0v) is 15.2. The number of halogens is 1. The molecule has 1 aliphatic heterocycles. The molecule has 1 fully saturated rings. The first-order valence-corrected chi connectivity index (χ1v) is 8.71. The van der Waals surface area contributed by atoms with E-state index in [0.717, 1.165) is 0 Å². The quantitative estimate of drug-likeness (QED) is 0.784. The normalized spacial score (nSPS) is 20.1. The summed E-state index contributed by atoms with van der Waals surface area (Å²) in [6, 6.07) is 11.1. The SMILES string of the molecule is CC(=O)c1ccc(F)cc1-c1cccc(C(=O)N2C[C@@H](C)O[C@@H](C)C2)c1. The van der Waals surface area contributed by atoms with Crippen LogP contribution < -0.4 is 0 Å². The van der Waals surface area contributed by atoms with E-state index in [1.54, 1.807) is 29.2 Å². The smallest absolute Gasteiger partial charge is 0.254 e. The Balaban J connectivity index is 1.95. The molecule has 0 aromatic heterocycles. The van der Waals surface area contributed by atoms with Crippen LogP contribution in [0.15, 0.2) is 42.5 Å². The summed E-state index contributed by atoms with van der Waals surface area (Å²) in [5.41, 5.74) is 2.10. The second-order valence-corrected chi connectivity index (χ2v) is 6.79. The van der Waals surface area contributed by atoms with E-state index >= 15 is 0 Å². The number of nitrogens with zero attached hydrogens (tertiary/aromatic N) is 1. The fourth-order valence-corrected chi connectivity index (χ4v) is 3.41. The number of Topliss-reactive ketones (excluding diaryl/α,β-unsaturated/α-hetero) is 1. The Morgan fingerprint density at radius 3 is 2.42 bits per heavy atom. The summed E-state index contributed by atoms with van der Waals surface area (Å²) in [5, 5.41) is 0. The van der Waals surface area contributed by atoms with Gasteiger partial charge in [0.05, 0.1) is 12.2 Å². The second kappa shape index (κ2) is 7.38. The second-order valence-electron chi connectivity index (χ2n) is 6.79. The highest BCUT2D eigenvalue weighted by Gasteiger charge is 2.26. The first-order valence-electron chi connectivity index (χ1n) is 8.71. The number of amides is 1. The van der Waals surface area contributed by atoms with Crippen LogP contribution in [-0.2, 0) is 4.74 Å². The predicted molar refractivity (Wildman–Crippen MR) is 97.8 cm³/mol. The van der Waals surface area contributed by atoms with Crippen LogP contribution in [-0.4, -0.2) is 41.9 Å². The third kappa shape index (κ3) is 3.83. The van der Waals surface area contributed by atoms with Crippen molar-refractivity contribution in [2.24, 2.45) is 0 Å². The van der Waals surface area contributed by atoms with Crippen molar-refractivity contribution >= 4 is 11.7 Å². The molecule has 0 aliphatic carbocycles. The van der Waals surface area contributed by atoms with Gasteiger partial charge in [0.1, 0.15) is 5.82 Å². The van der Waals surface area contributed by atoms with Crippen LogP contribution in [0.1, 0.15) is 41.5 Å². The highest BCUT2D eigenvalue weighted by atomic mass is 19.1. The number of carbonyl (C=O) groups excluding carboxylic acids is 2. The zero-order chi connectivity index (χ0) is 18.8. The Kier molecular flexibility index (Phi) is 5.18. The number of rotatable bonds is 3. The van der Waals surface area contributed by atoms with Crippen molar-refractivity contribution in [3.05, 3.63) is 59.4 Å². The van der Waals surface area contributed by atoms with Crippen LogP contribution in [0.25, 0.3) is 11.1 Å². The number of morpholine rings is 1. The molecule has 1 amide bonds. The molecule has 0 bridgehead atoms. The summed E-state index contributed by atoms with van der Waals surface area (Å²) in [6.45, 7) is 6.40. The maximum atomic E-state index is 13.7. The summed E-state index contributed by atoms with van der Waals surface area (Å²) in [5.74, 6) is -0.653. The van der Waals surface area contributed by atoms with Gasteiger partial charge in [0.25, 0.3) is 5.91 Å². The number of hydrogen-bond donors (Lipinski definition) is 0. The summed E-state index contributed by atoms with van der Waals surface area (Å²) in [6.07, 6.45) is -0.0307. The highest BCUT2D eigenvalue weighted by Crippen LogP contribution is 2.27. The number of ketones is 1. The number of benzene rings is 2. The van der Waals surface area contributed by atoms with Crippen molar-refractivity contribution in [1.29, 1.82) is 0 Å². The van der Waals surface area contributed by atoms with E-state index in [0.29, 0.717) is 35.3 Å². The molecule has 0 spiro atoms. The predicted octanol–water partition coefficient (Wildman–Crippen LogP) is 3.94. The molecule has 0 saturated carbocycles. The molecule has 1 heterocycles. The third-order valence-corrected chi connectivity index (χ3v) is 4.49. The minimum atomic E-state index is -0.419. The van der Waals surface area contributed by atoms with Crippen LogP contribution in [0.2, 0.25) is 0 Å². The van der Waals surface area contributed by atoms with Crippen molar-refractivity contribution in [3.8, 4) is 11.1 Å². The van der Waals surface area contributed by atoms with E-state index in [9.17, 15) is 14.0 Å². The molecule has 2 atom stereocenters. The van der Waals surface area contributed by atoms with Crippen molar-refractivity contribution < 1.29 is 18.7 Å². The Morgan fingerprint density at radius 2 is 1.77 bits per heavy atom. The van der Waals surface area contributed by atoms with Crippen LogP contribution in [0, 0.1) is 5.82 Å². The van der Waals surface area contributed by atoms with E-state index in [2.05, 4.69) is 0 Å². The summed E-state index contributed by atoms with van der Waals surface area (Å²) in [4.78, 5) is 26.5. The van der Waals surface area contributed by atoms with Crippen molar-refractivity contribution in [1.82, 2.24) is 4.90 Å². The van der Waals surface area contributed by atoms with E-state index in [1.807, 2.05) is 13.8 Å². The van der Waals surface area contributed by atoms with E-state index in [1.165, 1.54) is 25.1 Å². The van der Waals surface area contributed by atoms with Gasteiger partial charge in [-0.3, -0.25) is 9.59 Å². The molecule has 0 radical (unpaired) electrons.